The second-order valence-corrected chi connectivity index (χ2v) is 5.10. The van der Waals surface area contributed by atoms with Gasteiger partial charge in [0.05, 0.1) is 0 Å². The smallest absolute Gasteiger partial charge is 0.322 e. The second kappa shape index (κ2) is 4.98. The zero-order chi connectivity index (χ0) is 13.3. The van der Waals surface area contributed by atoms with Crippen LogP contribution in [0.15, 0.2) is 22.6 Å². The van der Waals surface area contributed by atoms with Crippen LogP contribution in [0.25, 0.3) is 0 Å². The lowest BCUT2D eigenvalue weighted by Crippen LogP contribution is -2.10. The molecular weight excluding hydrogens is 250 g/mol. The molecule has 4 nitrogen and oxygen atoms in total. The van der Waals surface area contributed by atoms with Gasteiger partial charge in [-0.15, -0.1) is 16.7 Å². The largest absolute Gasteiger partial charge is 0.406 e. The molecule has 0 radical (unpaired) electrons. The Morgan fingerprint density at radius 2 is 1.78 bits per heavy atom. The van der Waals surface area contributed by atoms with Crippen molar-refractivity contribution in [2.45, 2.75) is 26.1 Å². The molecule has 0 N–H and O–H groups in total. The lowest BCUT2D eigenvalue weighted by Gasteiger charge is -2.15. The quantitative estimate of drug-likeness (QED) is 0.793. The minimum absolute atomic E-state index is 0.279. The zero-order valence-electron chi connectivity index (χ0n) is 10.9. The van der Waals surface area contributed by atoms with Crippen molar-refractivity contribution in [3.63, 3.8) is 0 Å². The monoisotopic (exact) mass is 265 g/mol. The fraction of sp³-hybridized carbons (Fsp3) is 0.385. The Kier molecular flexibility index (Phi) is 3.57. The number of halogens is 1. The second-order valence-electron chi connectivity index (χ2n) is 4.44. The molecule has 0 aliphatic heterocycles. The van der Waals surface area contributed by atoms with Gasteiger partial charge in [0.25, 0.3) is 0 Å². The van der Waals surface area contributed by atoms with Gasteiger partial charge in [-0.25, -0.2) is 0 Å². The number of aryl methyl sites for hydroxylation is 2. The fourth-order valence-electron chi connectivity index (χ4n) is 1.78. The summed E-state index contributed by atoms with van der Waals surface area (Å²) in [6.07, 6.45) is 0. The molecule has 0 saturated heterocycles. The molecule has 0 fully saturated rings. The molecule has 2 rings (SSSR count). The average molecular weight is 266 g/mol. The van der Waals surface area contributed by atoms with Crippen molar-refractivity contribution >= 4 is 23.3 Å². The molecule has 2 aromatic rings. The van der Waals surface area contributed by atoms with Gasteiger partial charge in [-0.05, 0) is 44.0 Å². The van der Waals surface area contributed by atoms with E-state index in [9.17, 15) is 0 Å². The summed E-state index contributed by atoms with van der Waals surface area (Å²) in [4.78, 5) is 1.86. The first-order chi connectivity index (χ1) is 8.47. The van der Waals surface area contributed by atoms with E-state index in [2.05, 4.69) is 42.2 Å². The average Bonchev–Trinajstić information content (AvgIpc) is 2.75. The van der Waals surface area contributed by atoms with Crippen LogP contribution in [0.3, 0.4) is 0 Å². The highest BCUT2D eigenvalue weighted by atomic mass is 35.5. The summed E-state index contributed by atoms with van der Waals surface area (Å²) in [7, 11) is 1.89. The van der Waals surface area contributed by atoms with E-state index in [1.807, 2.05) is 11.9 Å². The number of rotatable bonds is 3. The third kappa shape index (κ3) is 2.64. The number of hydrogen-bond acceptors (Lipinski definition) is 4. The molecule has 1 aromatic heterocycles. The minimum atomic E-state index is -0.279. The molecule has 18 heavy (non-hydrogen) atoms. The number of anilines is 2. The lowest BCUT2D eigenvalue weighted by atomic mass is 10.1. The molecule has 1 aromatic carbocycles. The van der Waals surface area contributed by atoms with Crippen LogP contribution in [0.2, 0.25) is 0 Å². The van der Waals surface area contributed by atoms with E-state index in [4.69, 9.17) is 16.0 Å². The molecule has 0 aliphatic carbocycles. The zero-order valence-corrected chi connectivity index (χ0v) is 11.7. The molecule has 0 amide bonds. The highest BCUT2D eigenvalue weighted by molar-refractivity contribution is 6.20. The predicted octanol–water partition coefficient (Wildman–Crippen LogP) is 3.75. The number of alkyl halides is 1. The first-order valence-corrected chi connectivity index (χ1v) is 6.20. The summed E-state index contributed by atoms with van der Waals surface area (Å²) in [5, 5.41) is 7.64. The maximum atomic E-state index is 5.90. The van der Waals surface area contributed by atoms with Crippen LogP contribution in [0.1, 0.15) is 29.3 Å². The molecule has 1 atom stereocenters. The van der Waals surface area contributed by atoms with Crippen LogP contribution < -0.4 is 4.90 Å². The van der Waals surface area contributed by atoms with E-state index in [0.717, 1.165) is 5.69 Å². The fourth-order valence-corrected chi connectivity index (χ4v) is 1.87. The van der Waals surface area contributed by atoms with Crippen LogP contribution in [-0.4, -0.2) is 17.2 Å². The molecule has 0 bridgehead atoms. The summed E-state index contributed by atoms with van der Waals surface area (Å²) in [6, 6.07) is 6.71. The Bertz CT molecular complexity index is 531. The number of aromatic nitrogens is 2. The van der Waals surface area contributed by atoms with E-state index in [0.29, 0.717) is 11.9 Å². The van der Waals surface area contributed by atoms with Crippen LogP contribution >= 0.6 is 11.6 Å². The number of hydrogen-bond donors (Lipinski definition) is 0. The van der Waals surface area contributed by atoms with Gasteiger partial charge in [-0.2, -0.15) is 0 Å². The summed E-state index contributed by atoms with van der Waals surface area (Å²) in [5.74, 6) is 0.433. The van der Waals surface area contributed by atoms with E-state index in [1.54, 1.807) is 6.92 Å². The van der Waals surface area contributed by atoms with Crippen molar-refractivity contribution in [1.29, 1.82) is 0 Å². The van der Waals surface area contributed by atoms with Crippen molar-refractivity contribution in [2.75, 3.05) is 11.9 Å². The van der Waals surface area contributed by atoms with Crippen molar-refractivity contribution in [1.82, 2.24) is 10.2 Å². The van der Waals surface area contributed by atoms with Crippen molar-refractivity contribution in [2.24, 2.45) is 0 Å². The maximum absolute atomic E-state index is 5.90. The first-order valence-electron chi connectivity index (χ1n) is 5.77. The summed E-state index contributed by atoms with van der Waals surface area (Å²) in [6.45, 7) is 5.92. The van der Waals surface area contributed by atoms with Gasteiger partial charge >= 0.3 is 6.01 Å². The van der Waals surface area contributed by atoms with Crippen LogP contribution in [-0.2, 0) is 0 Å². The third-order valence-corrected chi connectivity index (χ3v) is 2.84. The third-order valence-electron chi connectivity index (χ3n) is 2.65. The van der Waals surface area contributed by atoms with Gasteiger partial charge in [0.15, 0.2) is 0 Å². The summed E-state index contributed by atoms with van der Waals surface area (Å²) >= 11 is 5.90. The van der Waals surface area contributed by atoms with Gasteiger partial charge in [0.2, 0.25) is 5.89 Å². The predicted molar refractivity (Wildman–Crippen MR) is 72.5 cm³/mol. The van der Waals surface area contributed by atoms with Crippen molar-refractivity contribution in [3.8, 4) is 0 Å². The minimum Gasteiger partial charge on any atom is -0.406 e. The van der Waals surface area contributed by atoms with Crippen LogP contribution in [0.4, 0.5) is 11.7 Å². The van der Waals surface area contributed by atoms with E-state index < -0.39 is 0 Å². The van der Waals surface area contributed by atoms with E-state index in [-0.39, 0.29) is 5.38 Å². The molecule has 96 valence electrons. The molecule has 0 aliphatic rings. The molecular formula is C13H16ClN3O. The Morgan fingerprint density at radius 3 is 2.28 bits per heavy atom. The summed E-state index contributed by atoms with van der Waals surface area (Å²) in [5.41, 5.74) is 3.41. The van der Waals surface area contributed by atoms with Crippen molar-refractivity contribution < 1.29 is 4.42 Å². The molecule has 5 heteroatoms. The SMILES string of the molecule is Cc1cc(C)cc(N(C)c2nnc(C(C)Cl)o2)c1. The van der Waals surface area contributed by atoms with Gasteiger partial charge in [-0.3, -0.25) is 4.90 Å². The maximum Gasteiger partial charge on any atom is 0.322 e. The lowest BCUT2D eigenvalue weighted by molar-refractivity contribution is 0.499. The molecule has 0 saturated carbocycles. The molecule has 0 spiro atoms. The topological polar surface area (TPSA) is 42.2 Å². The van der Waals surface area contributed by atoms with Crippen molar-refractivity contribution in [3.05, 3.63) is 35.2 Å². The van der Waals surface area contributed by atoms with E-state index >= 15 is 0 Å². The number of nitrogens with zero attached hydrogens (tertiary/aromatic N) is 3. The Hall–Kier alpha value is -1.55. The van der Waals surface area contributed by atoms with Gasteiger partial charge in [0, 0.05) is 12.7 Å². The Balaban J connectivity index is 2.31. The van der Waals surface area contributed by atoms with Crippen LogP contribution in [0, 0.1) is 13.8 Å². The Morgan fingerprint density at radius 1 is 1.17 bits per heavy atom. The molecule has 1 heterocycles. The highest BCUT2D eigenvalue weighted by Gasteiger charge is 2.15. The highest BCUT2D eigenvalue weighted by Crippen LogP contribution is 2.27. The first kappa shape index (κ1) is 12.9. The normalized spacial score (nSPS) is 12.5. The van der Waals surface area contributed by atoms with Gasteiger partial charge in [0.1, 0.15) is 5.38 Å². The number of benzene rings is 1. The Labute approximate surface area is 112 Å². The van der Waals surface area contributed by atoms with Gasteiger partial charge < -0.3 is 4.42 Å². The molecule has 1 unspecified atom stereocenters. The summed E-state index contributed by atoms with van der Waals surface area (Å²) < 4.78 is 5.51. The standard InChI is InChI=1S/C13H16ClN3O/c1-8-5-9(2)7-11(6-8)17(4)13-16-15-12(18-13)10(3)14/h5-7,10H,1-4H3. The van der Waals surface area contributed by atoms with Gasteiger partial charge in [-0.1, -0.05) is 11.2 Å². The van der Waals surface area contributed by atoms with Crippen LogP contribution in [0.5, 0.6) is 0 Å². The van der Waals surface area contributed by atoms with E-state index in [1.165, 1.54) is 11.1 Å².